The number of amides is 2. The molecule has 1 aromatic rings. The molecule has 2 N–H and O–H groups in total. The summed E-state index contributed by atoms with van der Waals surface area (Å²) in [5.41, 5.74) is 6.49. The Hall–Kier alpha value is -1.67. The van der Waals surface area contributed by atoms with Crippen molar-refractivity contribution < 1.29 is 9.59 Å². The summed E-state index contributed by atoms with van der Waals surface area (Å²) >= 11 is 2.64. The fraction of sp³-hybridized carbons (Fsp3) is 0.333. The van der Waals surface area contributed by atoms with E-state index in [-0.39, 0.29) is 23.4 Å². The minimum absolute atomic E-state index is 0.157. The fourth-order valence-corrected chi connectivity index (χ4v) is 3.18. The molecule has 0 aromatic carbocycles. The summed E-state index contributed by atoms with van der Waals surface area (Å²) in [7, 11) is 1.47. The average molecular weight is 310 g/mol. The molecule has 0 bridgehead atoms. The normalized spacial score (nSPS) is 20.9. The highest BCUT2D eigenvalue weighted by Gasteiger charge is 2.37. The highest BCUT2D eigenvalue weighted by molar-refractivity contribution is 8.14. The largest absolute Gasteiger partial charge is 0.377 e. The molecule has 1 saturated heterocycles. The maximum Gasteiger partial charge on any atom is 0.243 e. The number of thioether (sulfide) groups is 1. The molecular formula is C12H14N4O2S2. The number of carbonyl (C=O) groups is 2. The van der Waals surface area contributed by atoms with Crippen LogP contribution in [0.2, 0.25) is 0 Å². The van der Waals surface area contributed by atoms with Crippen LogP contribution in [0.3, 0.4) is 0 Å². The van der Waals surface area contributed by atoms with Crippen LogP contribution in [-0.2, 0) is 9.59 Å². The van der Waals surface area contributed by atoms with Gasteiger partial charge >= 0.3 is 0 Å². The Bertz CT molecular complexity index is 580. The van der Waals surface area contributed by atoms with Crippen LogP contribution in [0.4, 0.5) is 0 Å². The second-order valence-electron chi connectivity index (χ2n) is 4.20. The number of hydrogen-bond acceptors (Lipinski definition) is 6. The lowest BCUT2D eigenvalue weighted by atomic mass is 10.3. The van der Waals surface area contributed by atoms with Gasteiger partial charge in [-0.25, -0.2) is 0 Å². The lowest BCUT2D eigenvalue weighted by Gasteiger charge is -2.07. The molecule has 2 amide bonds. The Balaban J connectivity index is 2.00. The first-order valence-corrected chi connectivity index (χ1v) is 7.63. The van der Waals surface area contributed by atoms with Gasteiger partial charge in [0.2, 0.25) is 11.8 Å². The van der Waals surface area contributed by atoms with Gasteiger partial charge in [0, 0.05) is 13.5 Å². The molecule has 1 aromatic heterocycles. The molecule has 0 radical (unpaired) electrons. The number of nitrogens with two attached hydrogens (primary N) is 1. The zero-order valence-corrected chi connectivity index (χ0v) is 12.7. The number of likely N-dealkylation sites (tertiary alicyclic amines) is 1. The van der Waals surface area contributed by atoms with Gasteiger partial charge in [0.25, 0.3) is 0 Å². The lowest BCUT2D eigenvalue weighted by Crippen LogP contribution is -2.27. The molecule has 106 valence electrons. The topological polar surface area (TPSA) is 88.1 Å². The Kier molecular flexibility index (Phi) is 4.56. The molecule has 1 fully saturated rings. The summed E-state index contributed by atoms with van der Waals surface area (Å²) < 4.78 is 0. The van der Waals surface area contributed by atoms with Crippen LogP contribution < -0.4 is 5.73 Å². The van der Waals surface area contributed by atoms with Gasteiger partial charge in [0.05, 0.1) is 10.6 Å². The first-order valence-electron chi connectivity index (χ1n) is 5.87. The molecule has 20 heavy (non-hydrogen) atoms. The number of rotatable bonds is 3. The van der Waals surface area contributed by atoms with Crippen molar-refractivity contribution in [3.63, 3.8) is 0 Å². The van der Waals surface area contributed by atoms with Crippen molar-refractivity contribution in [2.75, 3.05) is 7.05 Å². The maximum absolute atomic E-state index is 11.7. The van der Waals surface area contributed by atoms with E-state index in [4.69, 9.17) is 5.73 Å². The van der Waals surface area contributed by atoms with Crippen LogP contribution in [-0.4, -0.2) is 39.9 Å². The second-order valence-corrected chi connectivity index (χ2v) is 6.37. The number of thiophene rings is 1. The van der Waals surface area contributed by atoms with Crippen molar-refractivity contribution in [3.05, 3.63) is 22.4 Å². The quantitative estimate of drug-likeness (QED) is 0.394. The Labute approximate surface area is 124 Å². The van der Waals surface area contributed by atoms with Gasteiger partial charge in [-0.05, 0) is 18.4 Å². The van der Waals surface area contributed by atoms with Crippen LogP contribution in [0.25, 0.3) is 0 Å². The third kappa shape index (κ3) is 3.26. The summed E-state index contributed by atoms with van der Waals surface area (Å²) in [5, 5.41) is 9.57. The molecule has 8 heteroatoms. The number of hydrogen-bond donors (Lipinski definition) is 1. The fourth-order valence-electron chi connectivity index (χ4n) is 1.64. The highest BCUT2D eigenvalue weighted by atomic mass is 32.2. The van der Waals surface area contributed by atoms with Gasteiger partial charge in [-0.15, -0.1) is 16.4 Å². The maximum atomic E-state index is 11.7. The van der Waals surface area contributed by atoms with E-state index in [2.05, 4.69) is 10.2 Å². The van der Waals surface area contributed by atoms with E-state index >= 15 is 0 Å². The standard InChI is InChI=1S/C12H14N4O2S2/c1-7(8-4-3-5-19-8)14-15-12(13)20-9-6-10(17)16(2)11(9)18/h3-5,9H,6H2,1-2H3,(H2,13,15)/b14-7-/t9-/m1/s1. The molecule has 6 nitrogen and oxygen atoms in total. The molecule has 0 spiro atoms. The molecular weight excluding hydrogens is 296 g/mol. The predicted octanol–water partition coefficient (Wildman–Crippen LogP) is 1.28. The van der Waals surface area contributed by atoms with Crippen molar-refractivity contribution in [2.45, 2.75) is 18.6 Å². The number of carbonyl (C=O) groups excluding carboxylic acids is 2. The van der Waals surface area contributed by atoms with Crippen molar-refractivity contribution in [3.8, 4) is 0 Å². The third-order valence-electron chi connectivity index (χ3n) is 2.78. The Morgan fingerprint density at radius 1 is 1.50 bits per heavy atom. The van der Waals surface area contributed by atoms with Gasteiger partial charge in [-0.1, -0.05) is 17.8 Å². The predicted molar refractivity (Wildman–Crippen MR) is 81.9 cm³/mol. The molecule has 2 heterocycles. The lowest BCUT2D eigenvalue weighted by molar-refractivity contribution is -0.136. The zero-order valence-electron chi connectivity index (χ0n) is 11.1. The van der Waals surface area contributed by atoms with Gasteiger partial charge in [0.15, 0.2) is 5.17 Å². The van der Waals surface area contributed by atoms with Crippen LogP contribution in [0.5, 0.6) is 0 Å². The zero-order chi connectivity index (χ0) is 14.7. The summed E-state index contributed by atoms with van der Waals surface area (Å²) in [6, 6.07) is 3.87. The third-order valence-corrected chi connectivity index (χ3v) is 4.73. The summed E-state index contributed by atoms with van der Waals surface area (Å²) in [6.45, 7) is 1.84. The van der Waals surface area contributed by atoms with E-state index in [1.807, 2.05) is 24.4 Å². The monoisotopic (exact) mass is 310 g/mol. The molecule has 0 saturated carbocycles. The number of amidine groups is 1. The van der Waals surface area contributed by atoms with Crippen molar-refractivity contribution >= 4 is 45.8 Å². The van der Waals surface area contributed by atoms with Crippen molar-refractivity contribution in [1.82, 2.24) is 4.90 Å². The molecule has 2 rings (SSSR count). The Morgan fingerprint density at radius 2 is 2.25 bits per heavy atom. The SMILES string of the molecule is C/C(=N/N=C(\N)S[C@@H]1CC(=O)N(C)C1=O)c1cccs1. The van der Waals surface area contributed by atoms with Crippen molar-refractivity contribution in [2.24, 2.45) is 15.9 Å². The van der Waals surface area contributed by atoms with E-state index in [0.29, 0.717) is 0 Å². The highest BCUT2D eigenvalue weighted by Crippen LogP contribution is 2.24. The van der Waals surface area contributed by atoms with E-state index < -0.39 is 5.25 Å². The first kappa shape index (κ1) is 14.7. The van der Waals surface area contributed by atoms with Gasteiger partial charge in [0.1, 0.15) is 5.25 Å². The van der Waals surface area contributed by atoms with Gasteiger partial charge in [-0.2, -0.15) is 5.10 Å². The Morgan fingerprint density at radius 3 is 2.80 bits per heavy atom. The van der Waals surface area contributed by atoms with Gasteiger partial charge < -0.3 is 5.73 Å². The second kappa shape index (κ2) is 6.19. The minimum atomic E-state index is -0.492. The molecule has 1 aliphatic rings. The molecule has 0 unspecified atom stereocenters. The van der Waals surface area contributed by atoms with Gasteiger partial charge in [-0.3, -0.25) is 14.5 Å². The van der Waals surface area contributed by atoms with E-state index in [0.717, 1.165) is 27.3 Å². The van der Waals surface area contributed by atoms with E-state index in [9.17, 15) is 9.59 Å². The summed E-state index contributed by atoms with van der Waals surface area (Å²) in [5.74, 6) is -0.435. The minimum Gasteiger partial charge on any atom is -0.377 e. The van der Waals surface area contributed by atoms with Crippen LogP contribution in [0, 0.1) is 0 Å². The van der Waals surface area contributed by atoms with Crippen LogP contribution >= 0.6 is 23.1 Å². The van der Waals surface area contributed by atoms with Crippen LogP contribution in [0.15, 0.2) is 27.7 Å². The molecule has 0 aliphatic carbocycles. The average Bonchev–Trinajstić information content (AvgIpc) is 3.02. The number of nitrogens with zero attached hydrogens (tertiary/aromatic N) is 3. The summed E-state index contributed by atoms with van der Waals surface area (Å²) in [6.07, 6.45) is 0.157. The first-order chi connectivity index (χ1) is 9.49. The smallest absolute Gasteiger partial charge is 0.243 e. The van der Waals surface area contributed by atoms with E-state index in [1.54, 1.807) is 11.3 Å². The van der Waals surface area contributed by atoms with Crippen molar-refractivity contribution in [1.29, 1.82) is 0 Å². The van der Waals surface area contributed by atoms with Crippen LogP contribution in [0.1, 0.15) is 18.2 Å². The number of imide groups is 1. The van der Waals surface area contributed by atoms with E-state index in [1.165, 1.54) is 7.05 Å². The molecule has 1 aliphatic heterocycles. The summed E-state index contributed by atoms with van der Waals surface area (Å²) in [4.78, 5) is 25.2. The molecule has 1 atom stereocenters.